The number of ether oxygens (including phenoxy) is 1. The summed E-state index contributed by atoms with van der Waals surface area (Å²) in [4.78, 5) is 0.394. The van der Waals surface area contributed by atoms with E-state index in [1.54, 1.807) is 12.3 Å². The number of nitrogens with one attached hydrogen (secondary N) is 1. The van der Waals surface area contributed by atoms with Gasteiger partial charge in [0.05, 0.1) is 13.2 Å². The number of rotatable bonds is 7. The molecule has 0 radical (unpaired) electrons. The molecule has 2 rings (SSSR count). The van der Waals surface area contributed by atoms with E-state index in [9.17, 15) is 8.42 Å². The Kier molecular flexibility index (Phi) is 5.80. The third kappa shape index (κ3) is 3.85. The van der Waals surface area contributed by atoms with Crippen LogP contribution in [0.4, 0.5) is 0 Å². The largest absolute Gasteiger partial charge is 0.379 e. The molecule has 0 saturated carbocycles. The molecule has 1 aliphatic rings. The molecular weight excluding hydrogens is 290 g/mol. The van der Waals surface area contributed by atoms with E-state index in [0.717, 1.165) is 25.2 Å². The Morgan fingerprint density at radius 3 is 2.62 bits per heavy atom. The fourth-order valence-corrected chi connectivity index (χ4v) is 3.93. The topological polar surface area (TPSA) is 63.6 Å². The molecule has 0 aliphatic carbocycles. The van der Waals surface area contributed by atoms with Crippen molar-refractivity contribution in [3.8, 4) is 0 Å². The standard InChI is InChI=1S/C14H25N3O3S/c1-3-5-16-12-14(10-13(16)11-15-4-2)21(18,19)17-6-8-20-9-7-17/h10,12,15H,3-9,11H2,1-2H3. The van der Waals surface area contributed by atoms with E-state index in [1.807, 2.05) is 11.5 Å². The summed E-state index contributed by atoms with van der Waals surface area (Å²) in [7, 11) is -3.40. The summed E-state index contributed by atoms with van der Waals surface area (Å²) in [6.45, 7) is 8.33. The molecule has 1 N–H and O–H groups in total. The molecule has 2 heterocycles. The molecule has 120 valence electrons. The minimum atomic E-state index is -3.40. The minimum absolute atomic E-state index is 0.394. The minimum Gasteiger partial charge on any atom is -0.379 e. The second kappa shape index (κ2) is 7.40. The van der Waals surface area contributed by atoms with Crippen LogP contribution in [0.1, 0.15) is 26.0 Å². The number of morpholine rings is 1. The summed E-state index contributed by atoms with van der Waals surface area (Å²) in [5, 5.41) is 3.26. The molecule has 0 aromatic carbocycles. The van der Waals surface area contributed by atoms with Gasteiger partial charge >= 0.3 is 0 Å². The molecule has 1 saturated heterocycles. The van der Waals surface area contributed by atoms with Crippen molar-refractivity contribution in [1.82, 2.24) is 14.2 Å². The van der Waals surface area contributed by atoms with Gasteiger partial charge in [0.1, 0.15) is 4.90 Å². The lowest BCUT2D eigenvalue weighted by atomic mass is 10.4. The van der Waals surface area contributed by atoms with Gasteiger partial charge in [0.25, 0.3) is 0 Å². The molecule has 1 aliphatic heterocycles. The maximum Gasteiger partial charge on any atom is 0.244 e. The van der Waals surface area contributed by atoms with Crippen molar-refractivity contribution in [2.45, 2.75) is 38.3 Å². The van der Waals surface area contributed by atoms with Gasteiger partial charge in [-0.1, -0.05) is 13.8 Å². The van der Waals surface area contributed by atoms with Gasteiger partial charge in [-0.15, -0.1) is 0 Å². The van der Waals surface area contributed by atoms with Gasteiger partial charge in [-0.25, -0.2) is 8.42 Å². The van der Waals surface area contributed by atoms with Crippen LogP contribution >= 0.6 is 0 Å². The van der Waals surface area contributed by atoms with Crippen LogP contribution in [0, 0.1) is 0 Å². The maximum atomic E-state index is 12.7. The predicted octanol–water partition coefficient (Wildman–Crippen LogP) is 1.03. The van der Waals surface area contributed by atoms with Crippen molar-refractivity contribution < 1.29 is 13.2 Å². The van der Waals surface area contributed by atoms with E-state index in [4.69, 9.17) is 4.74 Å². The quantitative estimate of drug-likeness (QED) is 0.816. The Morgan fingerprint density at radius 2 is 2.00 bits per heavy atom. The first-order valence-electron chi connectivity index (χ1n) is 7.57. The fourth-order valence-electron chi connectivity index (χ4n) is 2.45. The third-order valence-corrected chi connectivity index (χ3v) is 5.45. The highest BCUT2D eigenvalue weighted by molar-refractivity contribution is 7.89. The van der Waals surface area contributed by atoms with E-state index in [1.165, 1.54) is 4.31 Å². The highest BCUT2D eigenvalue weighted by Crippen LogP contribution is 2.20. The van der Waals surface area contributed by atoms with Gasteiger partial charge < -0.3 is 14.6 Å². The number of sulfonamides is 1. The van der Waals surface area contributed by atoms with Crippen LogP contribution in [-0.2, 0) is 27.8 Å². The molecule has 0 spiro atoms. The van der Waals surface area contributed by atoms with E-state index in [0.29, 0.717) is 37.7 Å². The SMILES string of the molecule is CCCn1cc(S(=O)(=O)N2CCOCC2)cc1CNCC. The van der Waals surface area contributed by atoms with Crippen molar-refractivity contribution in [2.75, 3.05) is 32.8 Å². The average molecular weight is 315 g/mol. The third-order valence-electron chi connectivity index (χ3n) is 3.59. The predicted molar refractivity (Wildman–Crippen MR) is 81.7 cm³/mol. The highest BCUT2D eigenvalue weighted by Gasteiger charge is 2.27. The molecule has 7 heteroatoms. The molecule has 1 fully saturated rings. The molecule has 0 atom stereocenters. The van der Waals surface area contributed by atoms with Crippen LogP contribution in [0.2, 0.25) is 0 Å². The smallest absolute Gasteiger partial charge is 0.244 e. The second-order valence-electron chi connectivity index (χ2n) is 5.16. The summed E-state index contributed by atoms with van der Waals surface area (Å²) >= 11 is 0. The summed E-state index contributed by atoms with van der Waals surface area (Å²) in [6.07, 6.45) is 2.74. The first-order chi connectivity index (χ1) is 10.1. The number of hydrogen-bond donors (Lipinski definition) is 1. The van der Waals surface area contributed by atoms with E-state index < -0.39 is 10.0 Å². The summed E-state index contributed by atoms with van der Waals surface area (Å²) < 4.78 is 34.1. The Bertz CT molecular complexity index is 548. The molecule has 0 amide bonds. The molecule has 0 bridgehead atoms. The van der Waals surface area contributed by atoms with Gasteiger partial charge in [0.2, 0.25) is 10.0 Å². The molecular formula is C14H25N3O3S. The molecule has 1 aromatic heterocycles. The van der Waals surface area contributed by atoms with Crippen molar-refractivity contribution in [2.24, 2.45) is 0 Å². The number of hydrogen-bond acceptors (Lipinski definition) is 4. The monoisotopic (exact) mass is 315 g/mol. The molecule has 6 nitrogen and oxygen atoms in total. The fraction of sp³-hybridized carbons (Fsp3) is 0.714. The van der Waals surface area contributed by atoms with Crippen LogP contribution in [0.3, 0.4) is 0 Å². The van der Waals surface area contributed by atoms with Crippen molar-refractivity contribution >= 4 is 10.0 Å². The molecule has 21 heavy (non-hydrogen) atoms. The Hall–Kier alpha value is -0.890. The van der Waals surface area contributed by atoms with Gasteiger partial charge in [-0.05, 0) is 19.0 Å². The lowest BCUT2D eigenvalue weighted by Crippen LogP contribution is -2.40. The summed E-state index contributed by atoms with van der Waals surface area (Å²) in [6, 6.07) is 1.79. The first-order valence-corrected chi connectivity index (χ1v) is 9.01. The van der Waals surface area contributed by atoms with Crippen LogP contribution in [-0.4, -0.2) is 50.1 Å². The lowest BCUT2D eigenvalue weighted by Gasteiger charge is -2.25. The summed E-state index contributed by atoms with van der Waals surface area (Å²) in [5.41, 5.74) is 1.02. The zero-order valence-corrected chi connectivity index (χ0v) is 13.7. The van der Waals surface area contributed by atoms with Crippen molar-refractivity contribution in [1.29, 1.82) is 0 Å². The molecule has 0 unspecified atom stereocenters. The Balaban J connectivity index is 2.25. The Morgan fingerprint density at radius 1 is 1.29 bits per heavy atom. The van der Waals surface area contributed by atoms with Crippen molar-refractivity contribution in [3.63, 3.8) is 0 Å². The van der Waals surface area contributed by atoms with E-state index in [2.05, 4.69) is 12.2 Å². The van der Waals surface area contributed by atoms with Crippen molar-refractivity contribution in [3.05, 3.63) is 18.0 Å². The summed E-state index contributed by atoms with van der Waals surface area (Å²) in [5.74, 6) is 0. The van der Waals surface area contributed by atoms with Gasteiger partial charge in [0.15, 0.2) is 0 Å². The zero-order chi connectivity index (χ0) is 15.3. The number of aromatic nitrogens is 1. The van der Waals surface area contributed by atoms with Crippen LogP contribution in [0.5, 0.6) is 0 Å². The lowest BCUT2D eigenvalue weighted by molar-refractivity contribution is 0.0730. The van der Waals surface area contributed by atoms with E-state index in [-0.39, 0.29) is 0 Å². The van der Waals surface area contributed by atoms with Gasteiger partial charge in [-0.2, -0.15) is 4.31 Å². The normalized spacial score (nSPS) is 17.2. The number of nitrogens with zero attached hydrogens (tertiary/aromatic N) is 2. The van der Waals surface area contributed by atoms with Gasteiger partial charge in [-0.3, -0.25) is 0 Å². The van der Waals surface area contributed by atoms with Crippen LogP contribution in [0.15, 0.2) is 17.2 Å². The maximum absolute atomic E-state index is 12.7. The molecule has 1 aromatic rings. The highest BCUT2D eigenvalue weighted by atomic mass is 32.2. The second-order valence-corrected chi connectivity index (χ2v) is 7.10. The van der Waals surface area contributed by atoms with E-state index >= 15 is 0 Å². The Labute approximate surface area is 127 Å². The average Bonchev–Trinajstić information content (AvgIpc) is 2.90. The first kappa shape index (κ1) is 16.5. The zero-order valence-electron chi connectivity index (χ0n) is 12.8. The number of aryl methyl sites for hydroxylation is 1. The van der Waals surface area contributed by atoms with Crippen LogP contribution in [0.25, 0.3) is 0 Å². The van der Waals surface area contributed by atoms with Crippen LogP contribution < -0.4 is 5.32 Å². The van der Waals surface area contributed by atoms with Gasteiger partial charge in [0, 0.05) is 38.1 Å².